The van der Waals surface area contributed by atoms with Gasteiger partial charge in [-0.15, -0.1) is 0 Å². The van der Waals surface area contributed by atoms with Crippen LogP contribution in [0.15, 0.2) is 0 Å². The lowest BCUT2D eigenvalue weighted by atomic mass is 10.1. The fraction of sp³-hybridized carbons (Fsp3) is 0.909. The van der Waals surface area contributed by atoms with Crippen LogP contribution in [-0.2, 0) is 4.74 Å². The van der Waals surface area contributed by atoms with Crippen LogP contribution in [0.1, 0.15) is 26.2 Å². The molecule has 0 saturated carbocycles. The normalized spacial score (nSPS) is 23.3. The predicted molar refractivity (Wildman–Crippen MR) is 62.2 cm³/mol. The number of hydrogen-bond acceptors (Lipinski definition) is 3. The van der Waals surface area contributed by atoms with Crippen molar-refractivity contribution in [1.29, 1.82) is 5.41 Å². The van der Waals surface area contributed by atoms with E-state index in [0.717, 1.165) is 26.1 Å². The van der Waals surface area contributed by atoms with E-state index >= 15 is 0 Å². The van der Waals surface area contributed by atoms with Crippen LogP contribution in [0, 0.1) is 11.3 Å². The lowest BCUT2D eigenvalue weighted by Crippen LogP contribution is -2.33. The largest absolute Gasteiger partial charge is 0.387 e. The van der Waals surface area contributed by atoms with Crippen molar-refractivity contribution in [2.24, 2.45) is 11.7 Å². The van der Waals surface area contributed by atoms with Crippen molar-refractivity contribution in [2.45, 2.75) is 32.3 Å². The highest BCUT2D eigenvalue weighted by Gasteiger charge is 2.16. The van der Waals surface area contributed by atoms with Gasteiger partial charge in [0, 0.05) is 25.6 Å². The molecule has 0 aliphatic carbocycles. The minimum absolute atomic E-state index is 0.152. The molecule has 0 aromatic heterocycles. The van der Waals surface area contributed by atoms with Crippen molar-refractivity contribution in [2.75, 3.05) is 26.7 Å². The summed E-state index contributed by atoms with van der Waals surface area (Å²) >= 11 is 0. The molecular weight excluding hydrogens is 190 g/mol. The lowest BCUT2D eigenvalue weighted by molar-refractivity contribution is 0.0944. The topological polar surface area (TPSA) is 62.3 Å². The molecule has 1 fully saturated rings. The van der Waals surface area contributed by atoms with Crippen LogP contribution in [0.5, 0.6) is 0 Å². The molecule has 1 heterocycles. The van der Waals surface area contributed by atoms with Gasteiger partial charge in [0.1, 0.15) is 0 Å². The Morgan fingerprint density at radius 1 is 1.67 bits per heavy atom. The predicted octanol–water partition coefficient (Wildman–Crippen LogP) is 1.06. The van der Waals surface area contributed by atoms with Gasteiger partial charge in [-0.2, -0.15) is 0 Å². The Kier molecular flexibility index (Phi) is 5.05. The van der Waals surface area contributed by atoms with Crippen molar-refractivity contribution in [3.63, 3.8) is 0 Å². The molecule has 0 bridgehead atoms. The van der Waals surface area contributed by atoms with Gasteiger partial charge in [-0.1, -0.05) is 6.92 Å². The minimum Gasteiger partial charge on any atom is -0.387 e. The summed E-state index contributed by atoms with van der Waals surface area (Å²) in [5.41, 5.74) is 5.43. The van der Waals surface area contributed by atoms with Crippen molar-refractivity contribution in [3.8, 4) is 0 Å². The van der Waals surface area contributed by atoms with Gasteiger partial charge >= 0.3 is 0 Å². The first kappa shape index (κ1) is 12.5. The smallest absolute Gasteiger partial charge is 0.0947 e. The van der Waals surface area contributed by atoms with E-state index in [1.165, 1.54) is 12.8 Å². The number of nitrogens with one attached hydrogen (secondary N) is 1. The molecule has 0 aromatic carbocycles. The Hall–Kier alpha value is -0.610. The Morgan fingerprint density at radius 2 is 2.40 bits per heavy atom. The van der Waals surface area contributed by atoms with Crippen LogP contribution in [0.25, 0.3) is 0 Å². The summed E-state index contributed by atoms with van der Waals surface area (Å²) in [5.74, 6) is 0.429. The van der Waals surface area contributed by atoms with E-state index in [4.69, 9.17) is 15.9 Å². The molecule has 1 rings (SSSR count). The van der Waals surface area contributed by atoms with E-state index in [0.29, 0.717) is 6.10 Å². The summed E-state index contributed by atoms with van der Waals surface area (Å²) in [6.07, 6.45) is 3.97. The van der Waals surface area contributed by atoms with Crippen LogP contribution in [0.2, 0.25) is 0 Å². The van der Waals surface area contributed by atoms with Crippen molar-refractivity contribution in [3.05, 3.63) is 0 Å². The Morgan fingerprint density at radius 3 is 2.93 bits per heavy atom. The number of amidine groups is 1. The highest BCUT2D eigenvalue weighted by atomic mass is 16.5. The Bertz CT molecular complexity index is 202. The Balaban J connectivity index is 2.12. The van der Waals surface area contributed by atoms with Crippen molar-refractivity contribution < 1.29 is 4.74 Å². The quantitative estimate of drug-likeness (QED) is 0.512. The van der Waals surface area contributed by atoms with E-state index < -0.39 is 0 Å². The number of rotatable bonds is 6. The maximum absolute atomic E-state index is 7.32. The summed E-state index contributed by atoms with van der Waals surface area (Å²) in [6, 6.07) is 0. The van der Waals surface area contributed by atoms with Crippen molar-refractivity contribution in [1.82, 2.24) is 4.90 Å². The zero-order chi connectivity index (χ0) is 11.3. The summed E-state index contributed by atoms with van der Waals surface area (Å²) < 4.78 is 5.56. The lowest BCUT2D eigenvalue weighted by Gasteiger charge is -2.21. The molecule has 2 unspecified atom stereocenters. The van der Waals surface area contributed by atoms with Crippen LogP contribution in [0.3, 0.4) is 0 Å². The average Bonchev–Trinajstić information content (AvgIpc) is 2.66. The van der Waals surface area contributed by atoms with Gasteiger partial charge < -0.3 is 15.4 Å². The first-order valence-corrected chi connectivity index (χ1v) is 5.73. The standard InChI is InChI=1S/C11H23N3O/c1-9(11(12)13)8-14(2)6-5-10-4-3-7-15-10/h9-10H,3-8H2,1-2H3,(H3,12,13). The molecule has 88 valence electrons. The third-order valence-corrected chi connectivity index (χ3v) is 2.97. The molecule has 1 saturated heterocycles. The van der Waals surface area contributed by atoms with Gasteiger partial charge in [0.25, 0.3) is 0 Å². The summed E-state index contributed by atoms with van der Waals surface area (Å²) in [4.78, 5) is 2.23. The van der Waals surface area contributed by atoms with Crippen LogP contribution >= 0.6 is 0 Å². The van der Waals surface area contributed by atoms with Gasteiger partial charge in [-0.25, -0.2) is 0 Å². The molecule has 0 aromatic rings. The van der Waals surface area contributed by atoms with E-state index in [1.54, 1.807) is 0 Å². The molecule has 15 heavy (non-hydrogen) atoms. The van der Waals surface area contributed by atoms with Gasteiger partial charge in [0.2, 0.25) is 0 Å². The molecule has 4 nitrogen and oxygen atoms in total. The summed E-state index contributed by atoms with van der Waals surface area (Å²) in [5, 5.41) is 7.32. The zero-order valence-electron chi connectivity index (χ0n) is 9.83. The average molecular weight is 213 g/mol. The molecule has 0 radical (unpaired) electrons. The molecule has 0 amide bonds. The van der Waals surface area contributed by atoms with E-state index in [9.17, 15) is 0 Å². The molecule has 3 N–H and O–H groups in total. The molecule has 4 heteroatoms. The summed E-state index contributed by atoms with van der Waals surface area (Å²) in [7, 11) is 2.08. The highest BCUT2D eigenvalue weighted by molar-refractivity contribution is 5.79. The first-order chi connectivity index (χ1) is 7.09. The number of nitrogens with two attached hydrogens (primary N) is 1. The molecule has 1 aliphatic heterocycles. The van der Waals surface area contributed by atoms with Gasteiger partial charge in [0.05, 0.1) is 11.9 Å². The van der Waals surface area contributed by atoms with Gasteiger partial charge in [-0.3, -0.25) is 5.41 Å². The molecule has 2 atom stereocenters. The Labute approximate surface area is 92.3 Å². The third kappa shape index (κ3) is 4.62. The van der Waals surface area contributed by atoms with E-state index in [-0.39, 0.29) is 11.8 Å². The number of nitrogens with zero attached hydrogens (tertiary/aromatic N) is 1. The van der Waals surface area contributed by atoms with E-state index in [1.807, 2.05) is 6.92 Å². The monoisotopic (exact) mass is 213 g/mol. The van der Waals surface area contributed by atoms with E-state index in [2.05, 4.69) is 11.9 Å². The fourth-order valence-electron chi connectivity index (χ4n) is 1.89. The minimum atomic E-state index is 0.152. The maximum atomic E-state index is 7.32. The second-order valence-corrected chi connectivity index (χ2v) is 4.54. The second kappa shape index (κ2) is 6.08. The maximum Gasteiger partial charge on any atom is 0.0947 e. The molecule has 0 spiro atoms. The molecular formula is C11H23N3O. The SMILES string of the molecule is CC(CN(C)CCC1CCCO1)C(=N)N. The fourth-order valence-corrected chi connectivity index (χ4v) is 1.89. The zero-order valence-corrected chi connectivity index (χ0v) is 9.83. The van der Waals surface area contributed by atoms with Crippen LogP contribution < -0.4 is 5.73 Å². The summed E-state index contributed by atoms with van der Waals surface area (Å²) in [6.45, 7) is 4.81. The number of ether oxygens (including phenoxy) is 1. The van der Waals surface area contributed by atoms with Crippen LogP contribution in [-0.4, -0.2) is 43.6 Å². The first-order valence-electron chi connectivity index (χ1n) is 5.73. The van der Waals surface area contributed by atoms with Gasteiger partial charge in [-0.05, 0) is 26.3 Å². The third-order valence-electron chi connectivity index (χ3n) is 2.97. The second-order valence-electron chi connectivity index (χ2n) is 4.54. The molecule has 1 aliphatic rings. The van der Waals surface area contributed by atoms with Gasteiger partial charge in [0.15, 0.2) is 0 Å². The highest BCUT2D eigenvalue weighted by Crippen LogP contribution is 2.15. The number of hydrogen-bond donors (Lipinski definition) is 2. The van der Waals surface area contributed by atoms with Crippen LogP contribution in [0.4, 0.5) is 0 Å². The van der Waals surface area contributed by atoms with Crippen molar-refractivity contribution >= 4 is 5.84 Å².